The second-order valence-corrected chi connectivity index (χ2v) is 5.15. The van der Waals surface area contributed by atoms with Crippen LogP contribution in [0.2, 0.25) is 0 Å². The van der Waals surface area contributed by atoms with Crippen LogP contribution in [0.25, 0.3) is 0 Å². The van der Waals surface area contributed by atoms with Crippen molar-refractivity contribution in [3.8, 4) is 0 Å². The molecule has 3 aliphatic carbocycles. The highest BCUT2D eigenvalue weighted by atomic mass is 15.0. The fourth-order valence-corrected chi connectivity index (χ4v) is 2.69. The fourth-order valence-electron chi connectivity index (χ4n) is 2.69. The SMILES string of the molecule is C1CC(CNC2CC2)(C2CC2)C1. The van der Waals surface area contributed by atoms with Crippen LogP contribution in [0.5, 0.6) is 0 Å². The van der Waals surface area contributed by atoms with Crippen molar-refractivity contribution in [3.63, 3.8) is 0 Å². The van der Waals surface area contributed by atoms with Gasteiger partial charge in [-0.15, -0.1) is 0 Å². The second kappa shape index (κ2) is 2.47. The van der Waals surface area contributed by atoms with E-state index in [-0.39, 0.29) is 0 Å². The lowest BCUT2D eigenvalue weighted by Crippen LogP contribution is -2.42. The summed E-state index contributed by atoms with van der Waals surface area (Å²) in [5, 5.41) is 3.72. The smallest absolute Gasteiger partial charge is 0.00684 e. The molecule has 0 spiro atoms. The van der Waals surface area contributed by atoms with E-state index in [1.54, 1.807) is 0 Å². The maximum absolute atomic E-state index is 3.72. The molecule has 0 bridgehead atoms. The maximum Gasteiger partial charge on any atom is 0.00684 e. The van der Waals surface area contributed by atoms with Crippen molar-refractivity contribution in [2.75, 3.05) is 6.54 Å². The third kappa shape index (κ3) is 1.19. The molecule has 0 aliphatic heterocycles. The summed E-state index contributed by atoms with van der Waals surface area (Å²) in [4.78, 5) is 0. The van der Waals surface area contributed by atoms with Crippen molar-refractivity contribution >= 4 is 0 Å². The van der Waals surface area contributed by atoms with Gasteiger partial charge in [-0.2, -0.15) is 0 Å². The van der Waals surface area contributed by atoms with E-state index in [1.165, 1.54) is 51.5 Å². The molecule has 3 fully saturated rings. The Hall–Kier alpha value is -0.0400. The third-order valence-corrected chi connectivity index (χ3v) is 4.11. The van der Waals surface area contributed by atoms with E-state index in [9.17, 15) is 0 Å². The molecule has 12 heavy (non-hydrogen) atoms. The summed E-state index contributed by atoms with van der Waals surface area (Å²) in [6, 6.07) is 0.918. The largest absolute Gasteiger partial charge is 0.313 e. The van der Waals surface area contributed by atoms with Gasteiger partial charge >= 0.3 is 0 Å². The first-order valence-corrected chi connectivity index (χ1v) is 5.62. The standard InChI is InChI=1S/C11H19N/c1-6-11(7-1,9-2-3-9)8-12-10-4-5-10/h9-10,12H,1-8H2. The molecule has 68 valence electrons. The quantitative estimate of drug-likeness (QED) is 0.674. The second-order valence-electron chi connectivity index (χ2n) is 5.15. The van der Waals surface area contributed by atoms with Crippen molar-refractivity contribution in [2.45, 2.75) is 51.0 Å². The van der Waals surface area contributed by atoms with Crippen molar-refractivity contribution in [1.29, 1.82) is 0 Å². The Morgan fingerprint density at radius 2 is 1.83 bits per heavy atom. The first kappa shape index (κ1) is 7.37. The van der Waals surface area contributed by atoms with E-state index in [0.29, 0.717) is 0 Å². The van der Waals surface area contributed by atoms with Gasteiger partial charge in [0.15, 0.2) is 0 Å². The van der Waals surface area contributed by atoms with Crippen LogP contribution in [-0.4, -0.2) is 12.6 Å². The summed E-state index contributed by atoms with van der Waals surface area (Å²) >= 11 is 0. The molecular formula is C11H19N. The first-order chi connectivity index (χ1) is 5.89. The Morgan fingerprint density at radius 1 is 1.08 bits per heavy atom. The van der Waals surface area contributed by atoms with E-state index < -0.39 is 0 Å². The molecule has 3 rings (SSSR count). The Bertz CT molecular complexity index is 175. The summed E-state index contributed by atoms with van der Waals surface area (Å²) in [5.74, 6) is 1.12. The Morgan fingerprint density at radius 3 is 2.25 bits per heavy atom. The van der Waals surface area contributed by atoms with E-state index in [0.717, 1.165) is 17.4 Å². The highest BCUT2D eigenvalue weighted by molar-refractivity contribution is 5.01. The monoisotopic (exact) mass is 165 g/mol. The molecule has 3 saturated carbocycles. The minimum atomic E-state index is 0.794. The van der Waals surface area contributed by atoms with E-state index in [1.807, 2.05) is 0 Å². The van der Waals surface area contributed by atoms with Gasteiger partial charge in [0.2, 0.25) is 0 Å². The zero-order valence-corrected chi connectivity index (χ0v) is 7.81. The Balaban J connectivity index is 1.55. The average Bonchev–Trinajstić information content (AvgIpc) is 2.81. The molecule has 1 N–H and O–H groups in total. The van der Waals surface area contributed by atoms with Gasteiger partial charge in [-0.1, -0.05) is 6.42 Å². The summed E-state index contributed by atoms with van der Waals surface area (Å²) < 4.78 is 0. The fraction of sp³-hybridized carbons (Fsp3) is 1.00. The van der Waals surface area contributed by atoms with Crippen LogP contribution >= 0.6 is 0 Å². The van der Waals surface area contributed by atoms with Crippen molar-refractivity contribution < 1.29 is 0 Å². The highest BCUT2D eigenvalue weighted by Gasteiger charge is 2.49. The van der Waals surface area contributed by atoms with E-state index in [4.69, 9.17) is 0 Å². The van der Waals surface area contributed by atoms with Gasteiger partial charge in [0.1, 0.15) is 0 Å². The molecule has 3 aliphatic rings. The molecule has 1 nitrogen and oxygen atoms in total. The normalized spacial score (nSPS) is 33.0. The molecule has 0 aromatic heterocycles. The van der Waals surface area contributed by atoms with Gasteiger partial charge in [0.05, 0.1) is 0 Å². The van der Waals surface area contributed by atoms with Crippen LogP contribution in [0.15, 0.2) is 0 Å². The maximum atomic E-state index is 3.72. The predicted octanol–water partition coefficient (Wildman–Crippen LogP) is 2.32. The first-order valence-electron chi connectivity index (χ1n) is 5.62. The molecule has 0 heterocycles. The lowest BCUT2D eigenvalue weighted by molar-refractivity contribution is 0.0986. The van der Waals surface area contributed by atoms with Crippen LogP contribution in [-0.2, 0) is 0 Å². The van der Waals surface area contributed by atoms with Gasteiger partial charge in [-0.3, -0.25) is 0 Å². The Labute approximate surface area is 74.9 Å². The molecule has 0 aromatic rings. The number of hydrogen-bond donors (Lipinski definition) is 1. The number of hydrogen-bond acceptors (Lipinski definition) is 1. The molecule has 0 saturated heterocycles. The molecule has 0 atom stereocenters. The lowest BCUT2D eigenvalue weighted by Gasteiger charge is -2.43. The summed E-state index contributed by atoms with van der Waals surface area (Å²) in [7, 11) is 0. The van der Waals surface area contributed by atoms with Crippen LogP contribution in [0.4, 0.5) is 0 Å². The van der Waals surface area contributed by atoms with Gasteiger partial charge in [-0.05, 0) is 49.9 Å². The zero-order chi connectivity index (χ0) is 8.02. The van der Waals surface area contributed by atoms with E-state index >= 15 is 0 Å². The van der Waals surface area contributed by atoms with Crippen molar-refractivity contribution in [3.05, 3.63) is 0 Å². The van der Waals surface area contributed by atoms with Crippen LogP contribution < -0.4 is 5.32 Å². The van der Waals surface area contributed by atoms with Crippen molar-refractivity contribution in [1.82, 2.24) is 5.32 Å². The molecular weight excluding hydrogens is 146 g/mol. The molecule has 0 amide bonds. The van der Waals surface area contributed by atoms with Gasteiger partial charge in [-0.25, -0.2) is 0 Å². The van der Waals surface area contributed by atoms with Crippen LogP contribution in [0.1, 0.15) is 44.9 Å². The minimum absolute atomic E-state index is 0.794. The summed E-state index contributed by atoms with van der Waals surface area (Å²) in [6.07, 6.45) is 10.5. The minimum Gasteiger partial charge on any atom is -0.313 e. The molecule has 0 aromatic carbocycles. The topological polar surface area (TPSA) is 12.0 Å². The summed E-state index contributed by atoms with van der Waals surface area (Å²) in [5.41, 5.74) is 0.794. The average molecular weight is 165 g/mol. The zero-order valence-electron chi connectivity index (χ0n) is 7.81. The van der Waals surface area contributed by atoms with Crippen molar-refractivity contribution in [2.24, 2.45) is 11.3 Å². The summed E-state index contributed by atoms with van der Waals surface area (Å²) in [6.45, 7) is 1.35. The highest BCUT2D eigenvalue weighted by Crippen LogP contribution is 2.56. The Kier molecular flexibility index (Phi) is 1.52. The number of nitrogens with one attached hydrogen (secondary N) is 1. The van der Waals surface area contributed by atoms with Crippen LogP contribution in [0.3, 0.4) is 0 Å². The van der Waals surface area contributed by atoms with Gasteiger partial charge < -0.3 is 5.32 Å². The molecule has 0 radical (unpaired) electrons. The van der Waals surface area contributed by atoms with Gasteiger partial charge in [0, 0.05) is 12.6 Å². The van der Waals surface area contributed by atoms with Gasteiger partial charge in [0.25, 0.3) is 0 Å². The molecule has 1 heteroatoms. The van der Waals surface area contributed by atoms with Crippen LogP contribution in [0, 0.1) is 11.3 Å². The lowest BCUT2D eigenvalue weighted by atomic mass is 9.65. The number of rotatable bonds is 4. The molecule has 0 unspecified atom stereocenters. The third-order valence-electron chi connectivity index (χ3n) is 4.11. The predicted molar refractivity (Wildman–Crippen MR) is 50.0 cm³/mol. The van der Waals surface area contributed by atoms with E-state index in [2.05, 4.69) is 5.32 Å².